The molecular formula is C12H19N3O4S. The standard InChI is InChI=1S/C12H19N3O4S/c1-7-9(10(16)17)20-8(14-7)5-13-11(18)15-12(2,3)6-19-4/h5-6H2,1-4H3,(H,16,17)(H2,13,15,18). The van der Waals surface area contributed by atoms with E-state index in [1.807, 2.05) is 13.8 Å². The van der Waals surface area contributed by atoms with Crippen LogP contribution in [0.3, 0.4) is 0 Å². The summed E-state index contributed by atoms with van der Waals surface area (Å²) in [7, 11) is 1.56. The fourth-order valence-corrected chi connectivity index (χ4v) is 2.47. The number of nitrogens with zero attached hydrogens (tertiary/aromatic N) is 1. The first-order valence-corrected chi connectivity index (χ1v) is 6.81. The maximum Gasteiger partial charge on any atom is 0.347 e. The molecule has 1 aromatic rings. The third-order valence-corrected chi connectivity index (χ3v) is 3.54. The van der Waals surface area contributed by atoms with Crippen LogP contribution in [0.4, 0.5) is 4.79 Å². The number of aromatic nitrogens is 1. The monoisotopic (exact) mass is 301 g/mol. The highest BCUT2D eigenvalue weighted by Gasteiger charge is 2.20. The molecule has 1 aromatic heterocycles. The molecule has 1 heterocycles. The SMILES string of the molecule is COCC(C)(C)NC(=O)NCc1nc(C)c(C(=O)O)s1. The number of hydrogen-bond donors (Lipinski definition) is 3. The van der Waals surface area contributed by atoms with Crippen molar-refractivity contribution in [3.63, 3.8) is 0 Å². The van der Waals surface area contributed by atoms with Gasteiger partial charge in [-0.05, 0) is 20.8 Å². The summed E-state index contributed by atoms with van der Waals surface area (Å²) >= 11 is 1.06. The predicted octanol–water partition coefficient (Wildman–Crippen LogP) is 1.37. The molecule has 0 atom stereocenters. The van der Waals surface area contributed by atoms with E-state index in [-0.39, 0.29) is 17.5 Å². The molecule has 0 radical (unpaired) electrons. The molecular weight excluding hydrogens is 282 g/mol. The zero-order valence-electron chi connectivity index (χ0n) is 11.9. The van der Waals surface area contributed by atoms with Crippen molar-refractivity contribution in [2.24, 2.45) is 0 Å². The Morgan fingerprint density at radius 3 is 2.60 bits per heavy atom. The number of methoxy groups -OCH3 is 1. The van der Waals surface area contributed by atoms with E-state index in [9.17, 15) is 9.59 Å². The molecule has 2 amide bonds. The summed E-state index contributed by atoms with van der Waals surface area (Å²) < 4.78 is 5.00. The number of thiazole rings is 1. The van der Waals surface area contributed by atoms with E-state index in [1.165, 1.54) is 0 Å². The van der Waals surface area contributed by atoms with Crippen molar-refractivity contribution < 1.29 is 19.4 Å². The zero-order chi connectivity index (χ0) is 15.3. The van der Waals surface area contributed by atoms with E-state index >= 15 is 0 Å². The lowest BCUT2D eigenvalue weighted by molar-refractivity contribution is 0.0701. The molecule has 0 saturated heterocycles. The summed E-state index contributed by atoms with van der Waals surface area (Å²) in [6.07, 6.45) is 0. The normalized spacial score (nSPS) is 11.2. The third kappa shape index (κ3) is 4.78. The summed E-state index contributed by atoms with van der Waals surface area (Å²) in [4.78, 5) is 26.9. The van der Waals surface area contributed by atoms with Crippen molar-refractivity contribution in [2.75, 3.05) is 13.7 Å². The molecule has 7 nitrogen and oxygen atoms in total. The number of carbonyl (C=O) groups is 2. The fourth-order valence-electron chi connectivity index (χ4n) is 1.63. The molecule has 0 saturated carbocycles. The second-order valence-corrected chi connectivity index (χ2v) is 6.04. The van der Waals surface area contributed by atoms with Gasteiger partial charge in [0.2, 0.25) is 0 Å². The van der Waals surface area contributed by atoms with Crippen molar-refractivity contribution in [2.45, 2.75) is 32.9 Å². The van der Waals surface area contributed by atoms with E-state index in [0.29, 0.717) is 17.3 Å². The number of aryl methyl sites for hydroxylation is 1. The Hall–Kier alpha value is -1.67. The summed E-state index contributed by atoms with van der Waals surface area (Å²) in [5, 5.41) is 14.9. The van der Waals surface area contributed by atoms with Gasteiger partial charge >= 0.3 is 12.0 Å². The largest absolute Gasteiger partial charge is 0.477 e. The molecule has 1 rings (SSSR count). The van der Waals surface area contributed by atoms with Crippen LogP contribution in [-0.4, -0.2) is 41.3 Å². The molecule has 0 aromatic carbocycles. The Kier molecular flexibility index (Phi) is 5.46. The fraction of sp³-hybridized carbons (Fsp3) is 0.583. The average Bonchev–Trinajstić information content (AvgIpc) is 2.67. The second-order valence-electron chi connectivity index (χ2n) is 4.95. The van der Waals surface area contributed by atoms with Gasteiger partial charge in [-0.3, -0.25) is 0 Å². The highest BCUT2D eigenvalue weighted by atomic mass is 32.1. The molecule has 112 valence electrons. The number of amides is 2. The number of aromatic carboxylic acids is 1. The quantitative estimate of drug-likeness (QED) is 0.737. The molecule has 0 bridgehead atoms. The lowest BCUT2D eigenvalue weighted by Crippen LogP contribution is -2.50. The number of carboxylic acid groups (broad SMARTS) is 1. The Morgan fingerprint density at radius 1 is 1.45 bits per heavy atom. The van der Waals surface area contributed by atoms with Gasteiger partial charge in [0.15, 0.2) is 0 Å². The lowest BCUT2D eigenvalue weighted by Gasteiger charge is -2.25. The second kappa shape index (κ2) is 6.67. The van der Waals surface area contributed by atoms with Crippen LogP contribution in [0.2, 0.25) is 0 Å². The van der Waals surface area contributed by atoms with Crippen molar-refractivity contribution >= 4 is 23.3 Å². The third-order valence-electron chi connectivity index (χ3n) is 2.39. The molecule has 0 aliphatic heterocycles. The van der Waals surface area contributed by atoms with Gasteiger partial charge in [0, 0.05) is 7.11 Å². The van der Waals surface area contributed by atoms with E-state index in [1.54, 1.807) is 14.0 Å². The minimum absolute atomic E-state index is 0.188. The highest BCUT2D eigenvalue weighted by molar-refractivity contribution is 7.13. The topological polar surface area (TPSA) is 101 Å². The van der Waals surface area contributed by atoms with Gasteiger partial charge in [0.25, 0.3) is 0 Å². The number of ether oxygens (including phenoxy) is 1. The van der Waals surface area contributed by atoms with Gasteiger partial charge in [-0.25, -0.2) is 14.6 Å². The average molecular weight is 301 g/mol. The summed E-state index contributed by atoms with van der Waals surface area (Å²) in [6.45, 7) is 5.89. The first-order valence-electron chi connectivity index (χ1n) is 5.99. The van der Waals surface area contributed by atoms with Crippen LogP contribution in [0.15, 0.2) is 0 Å². The van der Waals surface area contributed by atoms with Crippen molar-refractivity contribution in [3.05, 3.63) is 15.6 Å². The number of carbonyl (C=O) groups excluding carboxylic acids is 1. The van der Waals surface area contributed by atoms with E-state index in [0.717, 1.165) is 11.3 Å². The minimum Gasteiger partial charge on any atom is -0.477 e. The van der Waals surface area contributed by atoms with Gasteiger partial charge in [-0.1, -0.05) is 0 Å². The summed E-state index contributed by atoms with van der Waals surface area (Å²) in [5.41, 5.74) is -0.0245. The summed E-state index contributed by atoms with van der Waals surface area (Å²) in [6, 6.07) is -0.350. The van der Waals surface area contributed by atoms with Gasteiger partial charge < -0.3 is 20.5 Å². The van der Waals surface area contributed by atoms with E-state index < -0.39 is 11.5 Å². The van der Waals surface area contributed by atoms with Crippen molar-refractivity contribution in [1.29, 1.82) is 0 Å². The molecule has 20 heavy (non-hydrogen) atoms. The Bertz CT molecular complexity index is 499. The molecule has 8 heteroatoms. The maximum atomic E-state index is 11.7. The first-order chi connectivity index (χ1) is 9.25. The molecule has 0 fully saturated rings. The van der Waals surface area contributed by atoms with Crippen molar-refractivity contribution in [1.82, 2.24) is 15.6 Å². The number of rotatable bonds is 6. The Balaban J connectivity index is 2.53. The predicted molar refractivity (Wildman–Crippen MR) is 75.1 cm³/mol. The zero-order valence-corrected chi connectivity index (χ0v) is 12.8. The molecule has 0 aliphatic rings. The van der Waals surface area contributed by atoms with E-state index in [4.69, 9.17) is 9.84 Å². The number of carboxylic acids is 1. The minimum atomic E-state index is -1.00. The van der Waals surface area contributed by atoms with Crippen LogP contribution in [-0.2, 0) is 11.3 Å². The van der Waals surface area contributed by atoms with Gasteiger partial charge in [0.05, 0.1) is 24.4 Å². The summed E-state index contributed by atoms with van der Waals surface area (Å²) in [5.74, 6) is -1.00. The highest BCUT2D eigenvalue weighted by Crippen LogP contribution is 2.17. The van der Waals surface area contributed by atoms with Crippen LogP contribution in [0.5, 0.6) is 0 Å². The van der Waals surface area contributed by atoms with Gasteiger partial charge in [0.1, 0.15) is 9.88 Å². The van der Waals surface area contributed by atoms with Crippen molar-refractivity contribution in [3.8, 4) is 0 Å². The molecule has 0 aliphatic carbocycles. The molecule has 0 unspecified atom stereocenters. The van der Waals surface area contributed by atoms with Crippen LogP contribution in [0.1, 0.15) is 34.2 Å². The number of nitrogens with one attached hydrogen (secondary N) is 2. The van der Waals surface area contributed by atoms with Gasteiger partial charge in [-0.15, -0.1) is 11.3 Å². The Morgan fingerprint density at radius 2 is 2.10 bits per heavy atom. The van der Waals surface area contributed by atoms with Crippen LogP contribution in [0, 0.1) is 6.92 Å². The molecule has 0 spiro atoms. The van der Waals surface area contributed by atoms with Gasteiger partial charge in [-0.2, -0.15) is 0 Å². The van der Waals surface area contributed by atoms with E-state index in [2.05, 4.69) is 15.6 Å². The maximum absolute atomic E-state index is 11.7. The number of hydrogen-bond acceptors (Lipinski definition) is 5. The molecule has 3 N–H and O–H groups in total. The van der Waals surface area contributed by atoms with Crippen LogP contribution in [0.25, 0.3) is 0 Å². The number of urea groups is 1. The van der Waals surface area contributed by atoms with Crippen LogP contribution < -0.4 is 10.6 Å². The smallest absolute Gasteiger partial charge is 0.347 e. The Labute approximate surface area is 121 Å². The lowest BCUT2D eigenvalue weighted by atomic mass is 10.1. The first kappa shape index (κ1) is 16.4. The van der Waals surface area contributed by atoms with Crippen LogP contribution >= 0.6 is 11.3 Å².